The van der Waals surface area contributed by atoms with Crippen LogP contribution in [0.3, 0.4) is 0 Å². The first kappa shape index (κ1) is 20.7. The number of amides is 2. The van der Waals surface area contributed by atoms with Crippen LogP contribution >= 0.6 is 0 Å². The number of alkyl carbamates (subject to hydrolysis) is 1. The number of nitrogens with one attached hydrogen (secondary N) is 1. The zero-order valence-electron chi connectivity index (χ0n) is 16.0. The maximum atomic E-state index is 13.3. The van der Waals surface area contributed by atoms with Gasteiger partial charge >= 0.3 is 12.1 Å². The third-order valence-corrected chi connectivity index (χ3v) is 3.92. The van der Waals surface area contributed by atoms with Gasteiger partial charge in [-0.05, 0) is 43.3 Å². The Morgan fingerprint density at radius 1 is 1.03 bits per heavy atom. The Labute approximate surface area is 171 Å². The van der Waals surface area contributed by atoms with Crippen molar-refractivity contribution in [1.29, 1.82) is 0 Å². The molecule has 1 heterocycles. The molecule has 0 saturated carbocycles. The first-order valence-electron chi connectivity index (χ1n) is 9.02. The molecule has 0 aliphatic heterocycles. The van der Waals surface area contributed by atoms with Crippen LogP contribution in [0.2, 0.25) is 0 Å². The molecule has 9 heteroatoms. The number of hydrogen-bond acceptors (Lipinski definition) is 6. The summed E-state index contributed by atoms with van der Waals surface area (Å²) in [5, 5.41) is 6.35. The highest BCUT2D eigenvalue weighted by Gasteiger charge is 2.21. The predicted octanol–water partition coefficient (Wildman–Crippen LogP) is 3.11. The number of para-hydroxylation sites is 1. The molecule has 0 saturated heterocycles. The Hall–Kier alpha value is -4.01. The van der Waals surface area contributed by atoms with Crippen molar-refractivity contribution in [1.82, 2.24) is 15.1 Å². The third-order valence-electron chi connectivity index (χ3n) is 3.92. The number of imide groups is 1. The molecule has 0 fully saturated rings. The van der Waals surface area contributed by atoms with Crippen molar-refractivity contribution in [3.63, 3.8) is 0 Å². The highest BCUT2D eigenvalue weighted by molar-refractivity contribution is 5.98. The molecule has 1 N–H and O–H groups in total. The van der Waals surface area contributed by atoms with E-state index in [4.69, 9.17) is 4.74 Å². The minimum atomic E-state index is -0.928. The summed E-state index contributed by atoms with van der Waals surface area (Å²) in [6.45, 7) is 1.00. The van der Waals surface area contributed by atoms with Gasteiger partial charge in [0.2, 0.25) is 0 Å². The first-order valence-corrected chi connectivity index (χ1v) is 9.02. The van der Waals surface area contributed by atoms with E-state index in [2.05, 4.69) is 9.84 Å². The molecule has 0 spiro atoms. The molecule has 8 nitrogen and oxygen atoms in total. The van der Waals surface area contributed by atoms with E-state index >= 15 is 0 Å². The van der Waals surface area contributed by atoms with Crippen molar-refractivity contribution >= 4 is 18.0 Å². The van der Waals surface area contributed by atoms with E-state index in [0.29, 0.717) is 11.3 Å². The molecule has 3 aromatic rings. The highest BCUT2D eigenvalue weighted by Crippen LogP contribution is 2.24. The van der Waals surface area contributed by atoms with Crippen molar-refractivity contribution in [3.8, 4) is 16.9 Å². The molecule has 0 bridgehead atoms. The van der Waals surface area contributed by atoms with Gasteiger partial charge in [0.1, 0.15) is 17.1 Å². The number of rotatable bonds is 6. The standard InChI is InChI=1S/C21H18FN3O5/c1-2-29-21(28)23-18(26)13-30-20(27)17-12-25(16-6-4-3-5-7-16)24-19(17)14-8-10-15(22)11-9-14/h3-12H,2,13H2,1H3,(H,23,26,28). The molecule has 0 atom stereocenters. The van der Waals surface area contributed by atoms with Crippen LogP contribution in [-0.4, -0.2) is 41.0 Å². The summed E-state index contributed by atoms with van der Waals surface area (Å²) in [6.07, 6.45) is 0.530. The fourth-order valence-corrected chi connectivity index (χ4v) is 2.58. The molecule has 30 heavy (non-hydrogen) atoms. The molecule has 2 aromatic carbocycles. The Balaban J connectivity index is 1.84. The van der Waals surface area contributed by atoms with Crippen LogP contribution in [0.5, 0.6) is 0 Å². The van der Waals surface area contributed by atoms with Gasteiger partial charge in [-0.15, -0.1) is 0 Å². The molecule has 0 aliphatic rings. The Morgan fingerprint density at radius 3 is 2.40 bits per heavy atom. The van der Waals surface area contributed by atoms with Crippen molar-refractivity contribution in [2.24, 2.45) is 0 Å². The van der Waals surface area contributed by atoms with Gasteiger partial charge in [-0.1, -0.05) is 18.2 Å². The van der Waals surface area contributed by atoms with Gasteiger partial charge in [0.15, 0.2) is 6.61 Å². The molecule has 0 aliphatic carbocycles. The van der Waals surface area contributed by atoms with Gasteiger partial charge in [0, 0.05) is 11.8 Å². The normalized spacial score (nSPS) is 10.3. The van der Waals surface area contributed by atoms with Crippen molar-refractivity contribution in [2.75, 3.05) is 13.2 Å². The highest BCUT2D eigenvalue weighted by atomic mass is 19.1. The average molecular weight is 411 g/mol. The van der Waals surface area contributed by atoms with E-state index in [1.54, 1.807) is 19.1 Å². The number of hydrogen-bond donors (Lipinski definition) is 1. The van der Waals surface area contributed by atoms with Crippen molar-refractivity contribution in [3.05, 3.63) is 72.2 Å². The summed E-state index contributed by atoms with van der Waals surface area (Å²) in [5.41, 5.74) is 1.53. The van der Waals surface area contributed by atoms with E-state index in [1.807, 2.05) is 23.5 Å². The number of carbonyl (C=O) groups is 3. The van der Waals surface area contributed by atoms with E-state index < -0.39 is 30.4 Å². The van der Waals surface area contributed by atoms with Crippen LogP contribution in [0.15, 0.2) is 60.8 Å². The number of nitrogens with zero attached hydrogens (tertiary/aromatic N) is 2. The smallest absolute Gasteiger partial charge is 0.413 e. The van der Waals surface area contributed by atoms with Gasteiger partial charge < -0.3 is 9.47 Å². The van der Waals surface area contributed by atoms with Gasteiger partial charge in [0.25, 0.3) is 5.91 Å². The Kier molecular flexibility index (Phi) is 6.53. The van der Waals surface area contributed by atoms with Crippen LogP contribution in [0.4, 0.5) is 9.18 Å². The lowest BCUT2D eigenvalue weighted by Crippen LogP contribution is -2.34. The third kappa shape index (κ3) is 5.07. The lowest BCUT2D eigenvalue weighted by molar-refractivity contribution is -0.123. The van der Waals surface area contributed by atoms with Crippen LogP contribution in [0.1, 0.15) is 17.3 Å². The average Bonchev–Trinajstić information content (AvgIpc) is 3.19. The minimum absolute atomic E-state index is 0.0781. The molecule has 3 rings (SSSR count). The summed E-state index contributed by atoms with van der Waals surface area (Å²) in [5.74, 6) is -2.09. The summed E-state index contributed by atoms with van der Waals surface area (Å²) >= 11 is 0. The van der Waals surface area contributed by atoms with Crippen LogP contribution in [0, 0.1) is 5.82 Å². The number of benzene rings is 2. The number of carbonyl (C=O) groups excluding carboxylic acids is 3. The van der Waals surface area contributed by atoms with Gasteiger partial charge in [-0.2, -0.15) is 5.10 Å². The quantitative estimate of drug-likeness (QED) is 0.626. The molecule has 1 aromatic heterocycles. The van der Waals surface area contributed by atoms with Crippen LogP contribution in [0.25, 0.3) is 16.9 Å². The van der Waals surface area contributed by atoms with Gasteiger partial charge in [-0.25, -0.2) is 18.7 Å². The second-order valence-corrected chi connectivity index (χ2v) is 6.02. The fraction of sp³-hybridized carbons (Fsp3) is 0.143. The zero-order valence-corrected chi connectivity index (χ0v) is 16.0. The Bertz CT molecular complexity index is 1050. The molecule has 0 unspecified atom stereocenters. The number of ether oxygens (including phenoxy) is 2. The lowest BCUT2D eigenvalue weighted by atomic mass is 10.1. The second-order valence-electron chi connectivity index (χ2n) is 6.02. The molecule has 0 radical (unpaired) electrons. The largest absolute Gasteiger partial charge is 0.452 e. The summed E-state index contributed by atoms with van der Waals surface area (Å²) < 4.78 is 24.4. The zero-order chi connectivity index (χ0) is 21.5. The number of halogens is 1. The molecule has 2 amide bonds. The molecular formula is C21H18FN3O5. The summed E-state index contributed by atoms with van der Waals surface area (Å²) in [6, 6.07) is 14.5. The van der Waals surface area contributed by atoms with Crippen LogP contribution < -0.4 is 5.32 Å². The minimum Gasteiger partial charge on any atom is -0.452 e. The predicted molar refractivity (Wildman–Crippen MR) is 104 cm³/mol. The topological polar surface area (TPSA) is 99.5 Å². The Morgan fingerprint density at radius 2 is 1.73 bits per heavy atom. The lowest BCUT2D eigenvalue weighted by Gasteiger charge is -2.06. The van der Waals surface area contributed by atoms with E-state index in [0.717, 1.165) is 0 Å². The second kappa shape index (κ2) is 9.46. The van der Waals surface area contributed by atoms with E-state index in [9.17, 15) is 18.8 Å². The van der Waals surface area contributed by atoms with Gasteiger partial charge in [-0.3, -0.25) is 10.1 Å². The van der Waals surface area contributed by atoms with Crippen molar-refractivity contribution in [2.45, 2.75) is 6.92 Å². The molecule has 154 valence electrons. The number of aromatic nitrogens is 2. The van der Waals surface area contributed by atoms with Crippen LogP contribution in [-0.2, 0) is 14.3 Å². The SMILES string of the molecule is CCOC(=O)NC(=O)COC(=O)c1cn(-c2ccccc2)nc1-c1ccc(F)cc1. The summed E-state index contributed by atoms with van der Waals surface area (Å²) in [7, 11) is 0. The molecular weight excluding hydrogens is 393 g/mol. The first-order chi connectivity index (χ1) is 14.5. The van der Waals surface area contributed by atoms with E-state index in [-0.39, 0.29) is 17.9 Å². The monoisotopic (exact) mass is 411 g/mol. The summed E-state index contributed by atoms with van der Waals surface area (Å²) in [4.78, 5) is 35.6. The number of esters is 1. The van der Waals surface area contributed by atoms with Crippen molar-refractivity contribution < 1.29 is 28.2 Å². The fourth-order valence-electron chi connectivity index (χ4n) is 2.58. The maximum absolute atomic E-state index is 13.3. The maximum Gasteiger partial charge on any atom is 0.413 e. The van der Waals surface area contributed by atoms with Gasteiger partial charge in [0.05, 0.1) is 12.3 Å². The van der Waals surface area contributed by atoms with E-state index in [1.165, 1.54) is 35.1 Å².